The molecular weight excluding hydrogens is 214 g/mol. The standard InChI is InChI=1S/C13H21N3O/c1-3-4-13(5-6-14-8-13)12-15-11(16-17-12)10-7-9(10)2/h9-10,14H,3-8H2,1-2H3. The van der Waals surface area contributed by atoms with Gasteiger partial charge in [-0.05, 0) is 31.7 Å². The van der Waals surface area contributed by atoms with E-state index in [2.05, 4.69) is 29.3 Å². The van der Waals surface area contributed by atoms with Crippen molar-refractivity contribution in [3.63, 3.8) is 0 Å². The number of rotatable bonds is 4. The molecule has 0 spiro atoms. The maximum Gasteiger partial charge on any atom is 0.234 e. The van der Waals surface area contributed by atoms with Crippen LogP contribution in [0.25, 0.3) is 0 Å². The van der Waals surface area contributed by atoms with Gasteiger partial charge >= 0.3 is 0 Å². The van der Waals surface area contributed by atoms with Gasteiger partial charge in [-0.1, -0.05) is 25.4 Å². The molecule has 2 aliphatic rings. The normalized spacial score (nSPS) is 36.4. The number of aromatic nitrogens is 2. The second kappa shape index (κ2) is 4.09. The highest BCUT2D eigenvalue weighted by atomic mass is 16.5. The Balaban J connectivity index is 1.83. The largest absolute Gasteiger partial charge is 0.339 e. The SMILES string of the molecule is CCCC1(c2nc(C3CC3C)no2)CCNC1. The minimum absolute atomic E-state index is 0.109. The lowest BCUT2D eigenvalue weighted by Gasteiger charge is -2.22. The zero-order chi connectivity index (χ0) is 11.9. The van der Waals surface area contributed by atoms with Crippen molar-refractivity contribution in [2.75, 3.05) is 13.1 Å². The number of hydrogen-bond acceptors (Lipinski definition) is 4. The van der Waals surface area contributed by atoms with Crippen molar-refractivity contribution in [1.29, 1.82) is 0 Å². The van der Waals surface area contributed by atoms with Gasteiger partial charge in [-0.25, -0.2) is 0 Å². The molecule has 1 saturated carbocycles. The third-order valence-electron chi connectivity index (χ3n) is 4.31. The minimum Gasteiger partial charge on any atom is -0.339 e. The summed E-state index contributed by atoms with van der Waals surface area (Å²) in [5, 5.41) is 7.62. The third kappa shape index (κ3) is 1.88. The van der Waals surface area contributed by atoms with Crippen LogP contribution in [0.3, 0.4) is 0 Å². The molecule has 1 aromatic rings. The monoisotopic (exact) mass is 235 g/mol. The van der Waals surface area contributed by atoms with Crippen LogP contribution in [0.2, 0.25) is 0 Å². The van der Waals surface area contributed by atoms with Crippen LogP contribution < -0.4 is 5.32 Å². The molecule has 94 valence electrons. The van der Waals surface area contributed by atoms with Gasteiger partial charge in [0.15, 0.2) is 5.82 Å². The van der Waals surface area contributed by atoms with Crippen molar-refractivity contribution in [1.82, 2.24) is 15.5 Å². The fourth-order valence-electron chi connectivity index (χ4n) is 3.01. The first-order valence-electron chi connectivity index (χ1n) is 6.80. The molecule has 3 unspecified atom stereocenters. The Kier molecular flexibility index (Phi) is 2.69. The van der Waals surface area contributed by atoms with Gasteiger partial charge in [-0.3, -0.25) is 0 Å². The third-order valence-corrected chi connectivity index (χ3v) is 4.31. The highest BCUT2D eigenvalue weighted by Crippen LogP contribution is 2.46. The van der Waals surface area contributed by atoms with Gasteiger partial charge < -0.3 is 9.84 Å². The molecule has 2 fully saturated rings. The molecule has 3 rings (SSSR count). The molecule has 0 radical (unpaired) electrons. The van der Waals surface area contributed by atoms with Gasteiger partial charge in [0.05, 0.1) is 5.41 Å². The average Bonchev–Trinajstić information content (AvgIpc) is 2.76. The summed E-state index contributed by atoms with van der Waals surface area (Å²) in [5.41, 5.74) is 0.109. The molecule has 0 aromatic carbocycles. The molecule has 1 N–H and O–H groups in total. The summed E-state index contributed by atoms with van der Waals surface area (Å²) >= 11 is 0. The Labute approximate surface area is 102 Å². The molecule has 1 saturated heterocycles. The summed E-state index contributed by atoms with van der Waals surface area (Å²) < 4.78 is 5.55. The van der Waals surface area contributed by atoms with Gasteiger partial charge in [0.25, 0.3) is 0 Å². The predicted octanol–water partition coefficient (Wildman–Crippen LogP) is 2.22. The summed E-state index contributed by atoms with van der Waals surface area (Å²) in [6.07, 6.45) is 4.65. The fourth-order valence-corrected chi connectivity index (χ4v) is 3.01. The first-order chi connectivity index (χ1) is 8.25. The molecule has 1 aliphatic heterocycles. The van der Waals surface area contributed by atoms with Crippen molar-refractivity contribution >= 4 is 0 Å². The van der Waals surface area contributed by atoms with Crippen LogP contribution in [0.15, 0.2) is 4.52 Å². The first-order valence-corrected chi connectivity index (χ1v) is 6.80. The summed E-state index contributed by atoms with van der Waals surface area (Å²) in [6.45, 7) is 6.53. The Hall–Kier alpha value is -0.900. The first kappa shape index (κ1) is 11.2. The second-order valence-corrected chi connectivity index (χ2v) is 5.73. The van der Waals surface area contributed by atoms with Crippen molar-refractivity contribution < 1.29 is 4.52 Å². The summed E-state index contributed by atoms with van der Waals surface area (Å²) in [4.78, 5) is 4.68. The average molecular weight is 235 g/mol. The highest BCUT2D eigenvalue weighted by Gasteiger charge is 2.43. The topological polar surface area (TPSA) is 51.0 Å². The van der Waals surface area contributed by atoms with Crippen LogP contribution in [-0.2, 0) is 5.41 Å². The lowest BCUT2D eigenvalue weighted by molar-refractivity contribution is 0.275. The molecule has 3 atom stereocenters. The Bertz CT molecular complexity index is 395. The smallest absolute Gasteiger partial charge is 0.234 e. The zero-order valence-corrected chi connectivity index (χ0v) is 10.7. The van der Waals surface area contributed by atoms with E-state index in [1.54, 1.807) is 0 Å². The van der Waals surface area contributed by atoms with Gasteiger partial charge in [-0.15, -0.1) is 0 Å². The van der Waals surface area contributed by atoms with Gasteiger partial charge in [0.2, 0.25) is 5.89 Å². The van der Waals surface area contributed by atoms with E-state index < -0.39 is 0 Å². The lowest BCUT2D eigenvalue weighted by Crippen LogP contribution is -2.29. The van der Waals surface area contributed by atoms with Gasteiger partial charge in [0, 0.05) is 12.5 Å². The van der Waals surface area contributed by atoms with Crippen LogP contribution in [0, 0.1) is 5.92 Å². The Morgan fingerprint density at radius 3 is 2.94 bits per heavy atom. The summed E-state index contributed by atoms with van der Waals surface area (Å²) in [7, 11) is 0. The lowest BCUT2D eigenvalue weighted by atomic mass is 9.82. The van der Waals surface area contributed by atoms with Gasteiger partial charge in [0.1, 0.15) is 0 Å². The molecule has 4 heteroatoms. The van der Waals surface area contributed by atoms with Crippen molar-refractivity contribution in [2.45, 2.75) is 50.9 Å². The molecule has 1 aliphatic carbocycles. The van der Waals surface area contributed by atoms with E-state index in [1.807, 2.05) is 0 Å². The molecular formula is C13H21N3O. The Morgan fingerprint density at radius 1 is 1.53 bits per heavy atom. The van der Waals surface area contributed by atoms with E-state index in [0.29, 0.717) is 5.92 Å². The van der Waals surface area contributed by atoms with Crippen LogP contribution in [-0.4, -0.2) is 23.2 Å². The van der Waals surface area contributed by atoms with E-state index in [9.17, 15) is 0 Å². The maximum atomic E-state index is 5.55. The second-order valence-electron chi connectivity index (χ2n) is 5.73. The van der Waals surface area contributed by atoms with Crippen molar-refractivity contribution in [3.05, 3.63) is 11.7 Å². The molecule has 0 amide bonds. The molecule has 0 bridgehead atoms. The van der Waals surface area contributed by atoms with E-state index in [-0.39, 0.29) is 5.41 Å². The molecule has 1 aromatic heterocycles. The minimum atomic E-state index is 0.109. The Morgan fingerprint density at radius 2 is 2.35 bits per heavy atom. The van der Waals surface area contributed by atoms with E-state index in [4.69, 9.17) is 4.52 Å². The molecule has 2 heterocycles. The van der Waals surface area contributed by atoms with Crippen LogP contribution in [0.4, 0.5) is 0 Å². The van der Waals surface area contributed by atoms with E-state index >= 15 is 0 Å². The predicted molar refractivity (Wildman–Crippen MR) is 64.9 cm³/mol. The van der Waals surface area contributed by atoms with Crippen LogP contribution in [0.1, 0.15) is 57.2 Å². The number of nitrogens with one attached hydrogen (secondary N) is 1. The number of hydrogen-bond donors (Lipinski definition) is 1. The van der Waals surface area contributed by atoms with E-state index in [1.165, 1.54) is 12.8 Å². The van der Waals surface area contributed by atoms with Crippen molar-refractivity contribution in [2.24, 2.45) is 5.92 Å². The van der Waals surface area contributed by atoms with E-state index in [0.717, 1.165) is 43.6 Å². The van der Waals surface area contributed by atoms with Crippen LogP contribution >= 0.6 is 0 Å². The molecule has 17 heavy (non-hydrogen) atoms. The fraction of sp³-hybridized carbons (Fsp3) is 0.846. The maximum absolute atomic E-state index is 5.55. The van der Waals surface area contributed by atoms with Crippen LogP contribution in [0.5, 0.6) is 0 Å². The quantitative estimate of drug-likeness (QED) is 0.869. The zero-order valence-electron chi connectivity index (χ0n) is 10.7. The summed E-state index contributed by atoms with van der Waals surface area (Å²) in [5.74, 6) is 3.11. The van der Waals surface area contributed by atoms with Gasteiger partial charge in [-0.2, -0.15) is 4.98 Å². The molecule has 4 nitrogen and oxygen atoms in total. The van der Waals surface area contributed by atoms with Crippen molar-refractivity contribution in [3.8, 4) is 0 Å². The highest BCUT2D eigenvalue weighted by molar-refractivity contribution is 5.14. The number of nitrogens with zero attached hydrogens (tertiary/aromatic N) is 2. The summed E-state index contributed by atoms with van der Waals surface area (Å²) in [6, 6.07) is 0.